The fraction of sp³-hybridized carbons (Fsp3) is 0.333. The minimum Gasteiger partial charge on any atom is -0.464 e. The number of hydrogen-bond acceptors (Lipinski definition) is 5. The number of nitrogens with one attached hydrogen (secondary N) is 1. The van der Waals surface area contributed by atoms with E-state index in [0.29, 0.717) is 36.0 Å². The van der Waals surface area contributed by atoms with E-state index >= 15 is 0 Å². The number of ether oxygens (including phenoxy) is 2. The van der Waals surface area contributed by atoms with Crippen LogP contribution in [0.4, 0.5) is 10.5 Å². The molecule has 1 aliphatic rings. The van der Waals surface area contributed by atoms with Crippen molar-refractivity contribution >= 4 is 17.6 Å². The van der Waals surface area contributed by atoms with Gasteiger partial charge < -0.3 is 29.0 Å². The second-order valence-corrected chi connectivity index (χ2v) is 9.02. The van der Waals surface area contributed by atoms with E-state index in [1.165, 1.54) is 0 Å². The summed E-state index contributed by atoms with van der Waals surface area (Å²) in [5.74, 6) is 2.82. The van der Waals surface area contributed by atoms with Crippen LogP contribution in [0.2, 0.25) is 0 Å². The van der Waals surface area contributed by atoms with Crippen LogP contribution >= 0.6 is 0 Å². The van der Waals surface area contributed by atoms with Gasteiger partial charge in [0, 0.05) is 18.8 Å². The Morgan fingerprint density at radius 1 is 0.943 bits per heavy atom. The van der Waals surface area contributed by atoms with Crippen LogP contribution in [0.15, 0.2) is 65.1 Å². The van der Waals surface area contributed by atoms with Gasteiger partial charge in [0.2, 0.25) is 12.7 Å². The van der Waals surface area contributed by atoms with Crippen LogP contribution in [-0.2, 0) is 17.9 Å². The van der Waals surface area contributed by atoms with Crippen molar-refractivity contribution in [2.45, 2.75) is 33.9 Å². The summed E-state index contributed by atoms with van der Waals surface area (Å²) in [5, 5.41) is 2.89. The van der Waals surface area contributed by atoms with Gasteiger partial charge >= 0.3 is 6.03 Å². The standard InChI is InChI=1S/C27H31N3O5/c1-19(2)14-30(27(32)28-22-7-5-4-6-8-22)17-26(31)29(16-23-11-9-20(3)35-23)15-21-10-12-24-25(13-21)34-18-33-24/h4-13,19H,14-18H2,1-3H3,(H,28,32). The molecule has 1 aliphatic heterocycles. The van der Waals surface area contributed by atoms with E-state index in [4.69, 9.17) is 13.9 Å². The normalized spacial score (nSPS) is 12.0. The van der Waals surface area contributed by atoms with E-state index in [1.54, 1.807) is 9.80 Å². The fourth-order valence-corrected chi connectivity index (χ4v) is 3.90. The number of aryl methyl sites for hydroxylation is 1. The summed E-state index contributed by atoms with van der Waals surface area (Å²) < 4.78 is 16.6. The summed E-state index contributed by atoms with van der Waals surface area (Å²) in [6.45, 7) is 7.11. The smallest absolute Gasteiger partial charge is 0.322 e. The number of nitrogens with zero attached hydrogens (tertiary/aromatic N) is 2. The Labute approximate surface area is 205 Å². The van der Waals surface area contributed by atoms with Crippen molar-refractivity contribution in [3.63, 3.8) is 0 Å². The lowest BCUT2D eigenvalue weighted by Gasteiger charge is -2.28. The number of amides is 3. The highest BCUT2D eigenvalue weighted by molar-refractivity contribution is 5.92. The Morgan fingerprint density at radius 3 is 2.43 bits per heavy atom. The first-order chi connectivity index (χ1) is 16.9. The molecule has 0 atom stereocenters. The van der Waals surface area contributed by atoms with Crippen molar-refractivity contribution in [3.05, 3.63) is 77.7 Å². The van der Waals surface area contributed by atoms with E-state index in [9.17, 15) is 9.59 Å². The number of carbonyl (C=O) groups is 2. The second-order valence-electron chi connectivity index (χ2n) is 9.02. The zero-order valence-corrected chi connectivity index (χ0v) is 20.3. The molecule has 0 spiro atoms. The van der Waals surface area contributed by atoms with Crippen LogP contribution in [0.3, 0.4) is 0 Å². The van der Waals surface area contributed by atoms with Gasteiger partial charge in [0.05, 0.1) is 6.54 Å². The minimum absolute atomic E-state index is 0.0545. The highest BCUT2D eigenvalue weighted by Gasteiger charge is 2.24. The Kier molecular flexibility index (Phi) is 7.60. The number of benzene rings is 2. The van der Waals surface area contributed by atoms with Gasteiger partial charge in [-0.15, -0.1) is 0 Å². The van der Waals surface area contributed by atoms with Crippen molar-refractivity contribution < 1.29 is 23.5 Å². The molecule has 0 saturated carbocycles. The number of anilines is 1. The van der Waals surface area contributed by atoms with Crippen LogP contribution in [0.5, 0.6) is 11.5 Å². The van der Waals surface area contributed by atoms with Crippen LogP contribution in [0, 0.1) is 12.8 Å². The number of rotatable bonds is 9. The van der Waals surface area contributed by atoms with Gasteiger partial charge in [-0.05, 0) is 54.8 Å². The molecule has 184 valence electrons. The molecule has 0 radical (unpaired) electrons. The van der Waals surface area contributed by atoms with Gasteiger partial charge in [-0.3, -0.25) is 4.79 Å². The summed E-state index contributed by atoms with van der Waals surface area (Å²) >= 11 is 0. The summed E-state index contributed by atoms with van der Waals surface area (Å²) in [6.07, 6.45) is 0. The predicted octanol–water partition coefficient (Wildman–Crippen LogP) is 5.04. The highest BCUT2D eigenvalue weighted by Crippen LogP contribution is 2.33. The Morgan fingerprint density at radius 2 is 1.71 bits per heavy atom. The van der Waals surface area contributed by atoms with E-state index in [0.717, 1.165) is 11.3 Å². The van der Waals surface area contributed by atoms with Gasteiger partial charge in [0.25, 0.3) is 0 Å². The monoisotopic (exact) mass is 477 g/mol. The summed E-state index contributed by atoms with van der Waals surface area (Å²) in [7, 11) is 0. The lowest BCUT2D eigenvalue weighted by Crippen LogP contribution is -2.45. The zero-order chi connectivity index (χ0) is 24.8. The Hall–Kier alpha value is -3.94. The molecule has 2 heterocycles. The number of para-hydroxylation sites is 1. The summed E-state index contributed by atoms with van der Waals surface area (Å²) in [4.78, 5) is 29.8. The van der Waals surface area contributed by atoms with Gasteiger partial charge in [-0.1, -0.05) is 38.1 Å². The molecule has 0 unspecified atom stereocenters. The Bertz CT molecular complexity index is 1160. The molecule has 0 aliphatic carbocycles. The van der Waals surface area contributed by atoms with Gasteiger partial charge in [-0.25, -0.2) is 4.79 Å². The first-order valence-corrected chi connectivity index (χ1v) is 11.7. The molecule has 3 amide bonds. The number of carbonyl (C=O) groups excluding carboxylic acids is 2. The number of hydrogen-bond donors (Lipinski definition) is 1. The number of furan rings is 1. The third-order valence-corrected chi connectivity index (χ3v) is 5.53. The molecular formula is C27H31N3O5. The molecule has 3 aromatic rings. The van der Waals surface area contributed by atoms with Crippen molar-refractivity contribution in [2.75, 3.05) is 25.2 Å². The molecule has 0 bridgehead atoms. The molecule has 0 fully saturated rings. The van der Waals surface area contributed by atoms with Crippen molar-refractivity contribution in [1.82, 2.24) is 9.80 Å². The SMILES string of the molecule is Cc1ccc(CN(Cc2ccc3c(c2)OCO3)C(=O)CN(CC(C)C)C(=O)Nc2ccccc2)o1. The van der Waals surface area contributed by atoms with E-state index in [-0.39, 0.29) is 37.7 Å². The van der Waals surface area contributed by atoms with Crippen LogP contribution in [0.1, 0.15) is 30.9 Å². The minimum atomic E-state index is -0.310. The Balaban J connectivity index is 1.52. The molecule has 1 aromatic heterocycles. The molecular weight excluding hydrogens is 446 g/mol. The first kappa shape index (κ1) is 24.2. The summed E-state index contributed by atoms with van der Waals surface area (Å²) in [6, 6.07) is 18.3. The molecule has 2 aromatic carbocycles. The molecule has 8 nitrogen and oxygen atoms in total. The maximum atomic E-state index is 13.5. The summed E-state index contributed by atoms with van der Waals surface area (Å²) in [5.41, 5.74) is 1.58. The second kappa shape index (κ2) is 11.0. The van der Waals surface area contributed by atoms with Crippen LogP contribution in [-0.4, -0.2) is 41.6 Å². The largest absolute Gasteiger partial charge is 0.464 e. The quantitative estimate of drug-likeness (QED) is 0.467. The molecule has 1 N–H and O–H groups in total. The molecule has 4 rings (SSSR count). The first-order valence-electron chi connectivity index (χ1n) is 11.7. The van der Waals surface area contributed by atoms with E-state index in [2.05, 4.69) is 5.32 Å². The zero-order valence-electron chi connectivity index (χ0n) is 20.3. The van der Waals surface area contributed by atoms with Gasteiger partial charge in [0.15, 0.2) is 11.5 Å². The number of urea groups is 1. The van der Waals surface area contributed by atoms with Gasteiger partial charge in [-0.2, -0.15) is 0 Å². The third-order valence-electron chi connectivity index (χ3n) is 5.53. The molecule has 8 heteroatoms. The average Bonchev–Trinajstić information content (AvgIpc) is 3.46. The van der Waals surface area contributed by atoms with Crippen molar-refractivity contribution in [1.29, 1.82) is 0 Å². The van der Waals surface area contributed by atoms with Gasteiger partial charge in [0.1, 0.15) is 18.1 Å². The number of fused-ring (bicyclic) bond motifs is 1. The highest BCUT2D eigenvalue weighted by atomic mass is 16.7. The molecule has 0 saturated heterocycles. The lowest BCUT2D eigenvalue weighted by molar-refractivity contribution is -0.133. The topological polar surface area (TPSA) is 84.2 Å². The lowest BCUT2D eigenvalue weighted by atomic mass is 10.1. The van der Waals surface area contributed by atoms with E-state index in [1.807, 2.05) is 81.4 Å². The predicted molar refractivity (Wildman–Crippen MR) is 132 cm³/mol. The molecule has 35 heavy (non-hydrogen) atoms. The van der Waals surface area contributed by atoms with Crippen molar-refractivity contribution in [3.8, 4) is 11.5 Å². The maximum Gasteiger partial charge on any atom is 0.322 e. The van der Waals surface area contributed by atoms with Crippen molar-refractivity contribution in [2.24, 2.45) is 5.92 Å². The van der Waals surface area contributed by atoms with Crippen LogP contribution in [0.25, 0.3) is 0 Å². The average molecular weight is 478 g/mol. The third kappa shape index (κ3) is 6.56. The maximum absolute atomic E-state index is 13.5. The van der Waals surface area contributed by atoms with E-state index < -0.39 is 0 Å². The fourth-order valence-electron chi connectivity index (χ4n) is 3.90. The van der Waals surface area contributed by atoms with Crippen LogP contribution < -0.4 is 14.8 Å².